The molecule has 1 fully saturated rings. The van der Waals surface area contributed by atoms with Crippen molar-refractivity contribution in [3.05, 3.63) is 72.1 Å². The molecule has 0 unspecified atom stereocenters. The van der Waals surface area contributed by atoms with E-state index in [2.05, 4.69) is 20.4 Å². The zero-order chi connectivity index (χ0) is 20.8. The number of amides is 1. The molecule has 30 heavy (non-hydrogen) atoms. The van der Waals surface area contributed by atoms with E-state index in [1.54, 1.807) is 17.9 Å². The minimum Gasteiger partial charge on any atom is -0.497 e. The van der Waals surface area contributed by atoms with Gasteiger partial charge in [-0.25, -0.2) is 0 Å². The maximum Gasteiger partial charge on any atom is 0.246 e. The highest BCUT2D eigenvalue weighted by molar-refractivity contribution is 5.91. The highest BCUT2D eigenvalue weighted by Crippen LogP contribution is 2.14. The van der Waals surface area contributed by atoms with E-state index in [0.29, 0.717) is 19.6 Å². The van der Waals surface area contributed by atoms with Crippen molar-refractivity contribution in [2.24, 2.45) is 0 Å². The first-order valence-electron chi connectivity index (χ1n) is 9.89. The van der Waals surface area contributed by atoms with Gasteiger partial charge in [0.2, 0.25) is 5.91 Å². The lowest BCUT2D eigenvalue weighted by atomic mass is 10.2. The summed E-state index contributed by atoms with van der Waals surface area (Å²) >= 11 is 0. The zero-order valence-electron chi connectivity index (χ0n) is 16.9. The molecule has 1 aromatic heterocycles. The van der Waals surface area contributed by atoms with Crippen molar-refractivity contribution >= 4 is 12.0 Å². The monoisotopic (exact) mass is 404 g/mol. The Balaban J connectivity index is 1.30. The SMILES string of the molecule is COc1ccc(/C=C\C(=O)N2CCN(Cc3nnnn3-c3ccccc3)CC2)cc1. The zero-order valence-corrected chi connectivity index (χ0v) is 16.9. The van der Waals surface area contributed by atoms with Crippen LogP contribution >= 0.6 is 0 Å². The largest absolute Gasteiger partial charge is 0.497 e. The van der Waals surface area contributed by atoms with Crippen molar-refractivity contribution in [3.8, 4) is 11.4 Å². The third kappa shape index (κ3) is 4.72. The summed E-state index contributed by atoms with van der Waals surface area (Å²) in [6, 6.07) is 17.5. The number of aromatic nitrogens is 4. The topological polar surface area (TPSA) is 76.4 Å². The summed E-state index contributed by atoms with van der Waals surface area (Å²) in [6.45, 7) is 3.57. The van der Waals surface area contributed by atoms with E-state index in [0.717, 1.165) is 35.9 Å². The van der Waals surface area contributed by atoms with E-state index in [9.17, 15) is 4.79 Å². The molecule has 1 saturated heterocycles. The number of para-hydroxylation sites is 1. The van der Waals surface area contributed by atoms with Crippen molar-refractivity contribution < 1.29 is 9.53 Å². The fraction of sp³-hybridized carbons (Fsp3) is 0.273. The molecular weight excluding hydrogens is 380 g/mol. The van der Waals surface area contributed by atoms with Gasteiger partial charge in [-0.15, -0.1) is 5.10 Å². The van der Waals surface area contributed by atoms with E-state index in [1.165, 1.54) is 0 Å². The number of methoxy groups -OCH3 is 1. The third-order valence-electron chi connectivity index (χ3n) is 5.12. The number of hydrogen-bond acceptors (Lipinski definition) is 6. The Morgan fingerprint density at radius 3 is 2.47 bits per heavy atom. The van der Waals surface area contributed by atoms with Crippen molar-refractivity contribution in [1.29, 1.82) is 0 Å². The van der Waals surface area contributed by atoms with E-state index in [4.69, 9.17) is 4.74 Å². The summed E-state index contributed by atoms with van der Waals surface area (Å²) in [4.78, 5) is 16.7. The van der Waals surface area contributed by atoms with Crippen LogP contribution in [0.2, 0.25) is 0 Å². The highest BCUT2D eigenvalue weighted by Gasteiger charge is 2.21. The second kappa shape index (κ2) is 9.32. The molecular formula is C22H24N6O2. The van der Waals surface area contributed by atoms with Crippen molar-refractivity contribution in [2.75, 3.05) is 33.3 Å². The molecule has 1 aliphatic rings. The standard InChI is InChI=1S/C22H24N6O2/c1-30-20-10-7-18(8-11-20)9-12-22(29)27-15-13-26(14-16-27)17-21-23-24-25-28(21)19-5-3-2-4-6-19/h2-12H,13-17H2,1H3/b12-9-. The Hall–Kier alpha value is -3.52. The van der Waals surface area contributed by atoms with Crippen LogP contribution in [0.15, 0.2) is 60.7 Å². The minimum absolute atomic E-state index is 0.0274. The van der Waals surface area contributed by atoms with Gasteiger partial charge in [0.15, 0.2) is 5.82 Å². The summed E-state index contributed by atoms with van der Waals surface area (Å²) in [6.07, 6.45) is 3.47. The molecule has 4 rings (SSSR count). The third-order valence-corrected chi connectivity index (χ3v) is 5.12. The number of hydrogen-bond donors (Lipinski definition) is 0. The Kier molecular flexibility index (Phi) is 6.14. The fourth-order valence-electron chi connectivity index (χ4n) is 3.39. The molecule has 0 N–H and O–H groups in total. The second-order valence-electron chi connectivity index (χ2n) is 7.05. The van der Waals surface area contributed by atoms with Gasteiger partial charge in [0.25, 0.3) is 0 Å². The first kappa shape index (κ1) is 19.8. The van der Waals surface area contributed by atoms with Crippen LogP contribution in [0.4, 0.5) is 0 Å². The van der Waals surface area contributed by atoms with Gasteiger partial charge in [-0.3, -0.25) is 9.69 Å². The predicted octanol–water partition coefficient (Wildman–Crippen LogP) is 2.03. The van der Waals surface area contributed by atoms with Crippen LogP contribution in [-0.4, -0.2) is 69.2 Å². The molecule has 8 nitrogen and oxygen atoms in total. The quantitative estimate of drug-likeness (QED) is 0.585. The van der Waals surface area contributed by atoms with Gasteiger partial charge in [0.05, 0.1) is 19.3 Å². The lowest BCUT2D eigenvalue weighted by molar-refractivity contribution is -0.127. The minimum atomic E-state index is 0.0274. The number of tetrazole rings is 1. The van der Waals surface area contributed by atoms with Crippen LogP contribution in [0.25, 0.3) is 11.8 Å². The van der Waals surface area contributed by atoms with Crippen molar-refractivity contribution in [3.63, 3.8) is 0 Å². The molecule has 0 bridgehead atoms. The van der Waals surface area contributed by atoms with Crippen LogP contribution in [0, 0.1) is 0 Å². The van der Waals surface area contributed by atoms with Crippen LogP contribution < -0.4 is 4.74 Å². The van der Waals surface area contributed by atoms with Gasteiger partial charge in [-0.05, 0) is 46.3 Å². The highest BCUT2D eigenvalue weighted by atomic mass is 16.5. The average molecular weight is 404 g/mol. The van der Waals surface area contributed by atoms with Gasteiger partial charge in [0.1, 0.15) is 5.75 Å². The van der Waals surface area contributed by atoms with Crippen LogP contribution in [-0.2, 0) is 11.3 Å². The molecule has 8 heteroatoms. The Morgan fingerprint density at radius 1 is 1.03 bits per heavy atom. The smallest absolute Gasteiger partial charge is 0.246 e. The Labute approximate surface area is 175 Å². The van der Waals surface area contributed by atoms with E-state index >= 15 is 0 Å². The summed E-state index contributed by atoms with van der Waals surface area (Å²) < 4.78 is 6.91. The molecule has 2 aromatic carbocycles. The number of rotatable bonds is 6. The van der Waals surface area contributed by atoms with Crippen LogP contribution in [0.1, 0.15) is 11.4 Å². The number of ether oxygens (including phenoxy) is 1. The molecule has 2 heterocycles. The molecule has 1 amide bonds. The molecule has 1 aliphatic heterocycles. The summed E-state index contributed by atoms with van der Waals surface area (Å²) in [7, 11) is 1.63. The normalized spacial score (nSPS) is 14.9. The lowest BCUT2D eigenvalue weighted by Gasteiger charge is -2.33. The van der Waals surface area contributed by atoms with E-state index in [1.807, 2.05) is 65.6 Å². The second-order valence-corrected chi connectivity index (χ2v) is 7.05. The van der Waals surface area contributed by atoms with Crippen molar-refractivity contribution in [1.82, 2.24) is 30.0 Å². The van der Waals surface area contributed by atoms with Crippen LogP contribution in [0.3, 0.4) is 0 Å². The summed E-state index contributed by atoms with van der Waals surface area (Å²) in [5, 5.41) is 12.1. The number of benzene rings is 2. The first-order chi connectivity index (χ1) is 14.7. The molecule has 0 aliphatic carbocycles. The maximum atomic E-state index is 12.5. The predicted molar refractivity (Wildman–Crippen MR) is 113 cm³/mol. The van der Waals surface area contributed by atoms with Gasteiger partial charge in [0, 0.05) is 32.3 Å². The Morgan fingerprint density at radius 2 is 1.77 bits per heavy atom. The van der Waals surface area contributed by atoms with Gasteiger partial charge in [-0.2, -0.15) is 4.68 Å². The molecule has 0 saturated carbocycles. The number of nitrogens with zero attached hydrogens (tertiary/aromatic N) is 6. The molecule has 154 valence electrons. The number of carbonyl (C=O) groups is 1. The van der Waals surface area contributed by atoms with E-state index < -0.39 is 0 Å². The Bertz CT molecular complexity index is 992. The fourth-order valence-corrected chi connectivity index (χ4v) is 3.39. The van der Waals surface area contributed by atoms with Crippen LogP contribution in [0.5, 0.6) is 5.75 Å². The first-order valence-corrected chi connectivity index (χ1v) is 9.89. The molecule has 0 radical (unpaired) electrons. The van der Waals surface area contributed by atoms with Gasteiger partial charge < -0.3 is 9.64 Å². The average Bonchev–Trinajstić information content (AvgIpc) is 3.27. The van der Waals surface area contributed by atoms with Gasteiger partial charge in [-0.1, -0.05) is 30.3 Å². The molecule has 3 aromatic rings. The van der Waals surface area contributed by atoms with E-state index in [-0.39, 0.29) is 5.91 Å². The van der Waals surface area contributed by atoms with Gasteiger partial charge >= 0.3 is 0 Å². The molecule has 0 atom stereocenters. The van der Waals surface area contributed by atoms with Crippen molar-refractivity contribution in [2.45, 2.75) is 6.54 Å². The maximum absolute atomic E-state index is 12.5. The summed E-state index contributed by atoms with van der Waals surface area (Å²) in [5.41, 5.74) is 1.91. The lowest BCUT2D eigenvalue weighted by Crippen LogP contribution is -2.48. The molecule has 0 spiro atoms. The summed E-state index contributed by atoms with van der Waals surface area (Å²) in [5.74, 6) is 1.62. The number of piperazine rings is 1. The number of carbonyl (C=O) groups excluding carboxylic acids is 1.